The number of rotatable bonds is 3. The predicted molar refractivity (Wildman–Crippen MR) is 95.3 cm³/mol. The van der Waals surface area contributed by atoms with Crippen molar-refractivity contribution in [2.45, 2.75) is 52.2 Å². The van der Waals surface area contributed by atoms with Gasteiger partial charge in [-0.25, -0.2) is 9.69 Å². The van der Waals surface area contributed by atoms with Gasteiger partial charge in [0.2, 0.25) is 5.91 Å². The van der Waals surface area contributed by atoms with Gasteiger partial charge < -0.3 is 4.74 Å². The number of imide groups is 1. The van der Waals surface area contributed by atoms with Gasteiger partial charge in [0, 0.05) is 6.42 Å². The molecule has 1 heterocycles. The van der Waals surface area contributed by atoms with Crippen LogP contribution in [0, 0.1) is 11.8 Å². The smallest absolute Gasteiger partial charge is 0.417 e. The highest BCUT2D eigenvalue weighted by molar-refractivity contribution is 6.15. The van der Waals surface area contributed by atoms with E-state index in [-0.39, 0.29) is 17.8 Å². The van der Waals surface area contributed by atoms with Gasteiger partial charge >= 0.3 is 6.09 Å². The topological polar surface area (TPSA) is 63.7 Å². The maximum absolute atomic E-state index is 13.4. The van der Waals surface area contributed by atoms with Crippen LogP contribution in [-0.4, -0.2) is 28.8 Å². The molecule has 1 aliphatic heterocycles. The molecule has 4 rings (SSSR count). The van der Waals surface area contributed by atoms with Crippen molar-refractivity contribution in [2.75, 3.05) is 0 Å². The van der Waals surface area contributed by atoms with Crippen LogP contribution in [-0.2, 0) is 20.7 Å². The summed E-state index contributed by atoms with van der Waals surface area (Å²) in [5.41, 5.74) is 3.70. The molecule has 26 heavy (non-hydrogen) atoms. The number of amides is 2. The minimum absolute atomic E-state index is 0.122. The Balaban J connectivity index is 1.70. The van der Waals surface area contributed by atoms with E-state index in [1.165, 1.54) is 4.90 Å². The van der Waals surface area contributed by atoms with E-state index in [1.807, 2.05) is 38.1 Å². The molecule has 0 bridgehead atoms. The summed E-state index contributed by atoms with van der Waals surface area (Å²) in [6.45, 7) is 5.75. The molecule has 0 spiro atoms. The number of allylic oxidation sites excluding steroid dienone is 2. The molecule has 0 saturated carbocycles. The van der Waals surface area contributed by atoms with Crippen molar-refractivity contribution in [2.24, 2.45) is 11.8 Å². The summed E-state index contributed by atoms with van der Waals surface area (Å²) in [7, 11) is 0. The summed E-state index contributed by atoms with van der Waals surface area (Å²) >= 11 is 0. The molecule has 136 valence electrons. The zero-order chi connectivity index (χ0) is 18.6. The zero-order valence-electron chi connectivity index (χ0n) is 15.3. The number of Topliss-reactive ketones (excluding diaryl/α,β-unsaturated/α-hetero) is 1. The highest BCUT2D eigenvalue weighted by Crippen LogP contribution is 2.45. The standard InChI is InChI=1S/C21H23NO4/c1-4-7-14-11(2)12(3)19(23)17(14)20(24)22-18-15-9-6-5-8-13(15)10-16(18)26-21(22)25/h5-6,8-9,14,16-18H,4,7,10H2,1-3H3/t14-,16+,17+,18-/m0/s1. The van der Waals surface area contributed by atoms with Gasteiger partial charge in [-0.3, -0.25) is 9.59 Å². The van der Waals surface area contributed by atoms with Gasteiger partial charge in [0.15, 0.2) is 5.78 Å². The largest absolute Gasteiger partial charge is 0.443 e. The number of carbonyl (C=O) groups excluding carboxylic acids is 3. The molecule has 5 nitrogen and oxygen atoms in total. The van der Waals surface area contributed by atoms with Gasteiger partial charge in [0.05, 0.1) is 0 Å². The van der Waals surface area contributed by atoms with Crippen LogP contribution in [0.25, 0.3) is 0 Å². The van der Waals surface area contributed by atoms with E-state index in [0.29, 0.717) is 12.0 Å². The van der Waals surface area contributed by atoms with Crippen molar-refractivity contribution in [3.63, 3.8) is 0 Å². The van der Waals surface area contributed by atoms with Crippen LogP contribution in [0.5, 0.6) is 0 Å². The Bertz CT molecular complexity index is 840. The van der Waals surface area contributed by atoms with E-state index in [1.54, 1.807) is 6.92 Å². The normalized spacial score (nSPS) is 29.9. The van der Waals surface area contributed by atoms with Crippen LogP contribution in [0.2, 0.25) is 0 Å². The third-order valence-electron chi connectivity index (χ3n) is 6.18. The van der Waals surface area contributed by atoms with Crippen LogP contribution in [0.3, 0.4) is 0 Å². The average molecular weight is 353 g/mol. The maximum Gasteiger partial charge on any atom is 0.417 e. The lowest BCUT2D eigenvalue weighted by molar-refractivity contribution is -0.139. The zero-order valence-corrected chi connectivity index (χ0v) is 15.3. The van der Waals surface area contributed by atoms with Crippen molar-refractivity contribution in [3.8, 4) is 0 Å². The monoisotopic (exact) mass is 353 g/mol. The van der Waals surface area contributed by atoms with Crippen molar-refractivity contribution in [1.29, 1.82) is 0 Å². The third kappa shape index (κ3) is 2.26. The molecule has 3 aliphatic rings. The van der Waals surface area contributed by atoms with Crippen LogP contribution in [0.1, 0.15) is 50.8 Å². The van der Waals surface area contributed by atoms with Crippen LogP contribution in [0.4, 0.5) is 4.79 Å². The summed E-state index contributed by atoms with van der Waals surface area (Å²) in [5, 5.41) is 0. The SMILES string of the molecule is CCC[C@H]1C(C)=C(C)C(=O)[C@@H]1C(=O)N1C(=O)O[C@@H]2Cc3ccccc3[C@@H]21. The number of ether oxygens (including phenoxy) is 1. The molecule has 0 N–H and O–H groups in total. The van der Waals surface area contributed by atoms with Crippen LogP contribution in [0.15, 0.2) is 35.4 Å². The Morgan fingerprint density at radius 1 is 1.23 bits per heavy atom. The summed E-state index contributed by atoms with van der Waals surface area (Å²) in [4.78, 5) is 39.9. The van der Waals surface area contributed by atoms with Gasteiger partial charge in [-0.2, -0.15) is 0 Å². The molecule has 1 aromatic rings. The lowest BCUT2D eigenvalue weighted by atomic mass is 9.86. The molecule has 0 aromatic heterocycles. The molecule has 1 saturated heterocycles. The Morgan fingerprint density at radius 3 is 2.69 bits per heavy atom. The molecule has 0 unspecified atom stereocenters. The van der Waals surface area contributed by atoms with Crippen molar-refractivity contribution in [1.82, 2.24) is 4.90 Å². The predicted octanol–water partition coefficient (Wildman–Crippen LogP) is 3.58. The molecule has 2 aliphatic carbocycles. The second-order valence-electron chi connectivity index (χ2n) is 7.52. The lowest BCUT2D eigenvalue weighted by Gasteiger charge is -2.26. The molecular weight excluding hydrogens is 330 g/mol. The van der Waals surface area contributed by atoms with Gasteiger partial charge in [0.25, 0.3) is 0 Å². The first-order valence-electron chi connectivity index (χ1n) is 9.28. The molecule has 2 amide bonds. The average Bonchev–Trinajstić information content (AvgIpc) is 3.19. The number of hydrogen-bond acceptors (Lipinski definition) is 4. The second kappa shape index (κ2) is 6.08. The van der Waals surface area contributed by atoms with Gasteiger partial charge in [-0.05, 0) is 42.9 Å². The Kier molecular flexibility index (Phi) is 3.98. The number of hydrogen-bond donors (Lipinski definition) is 0. The van der Waals surface area contributed by atoms with E-state index in [2.05, 4.69) is 0 Å². The first-order valence-corrected chi connectivity index (χ1v) is 9.28. The van der Waals surface area contributed by atoms with E-state index < -0.39 is 24.0 Å². The van der Waals surface area contributed by atoms with E-state index >= 15 is 0 Å². The fraction of sp³-hybridized carbons (Fsp3) is 0.476. The summed E-state index contributed by atoms with van der Waals surface area (Å²) in [6.07, 6.45) is 1.29. The maximum atomic E-state index is 13.4. The van der Waals surface area contributed by atoms with Crippen molar-refractivity contribution < 1.29 is 19.1 Å². The Morgan fingerprint density at radius 2 is 1.96 bits per heavy atom. The first kappa shape index (κ1) is 17.0. The molecule has 5 heteroatoms. The summed E-state index contributed by atoms with van der Waals surface area (Å²) in [6, 6.07) is 7.38. The highest BCUT2D eigenvalue weighted by atomic mass is 16.6. The number of carbonyl (C=O) groups is 3. The van der Waals surface area contributed by atoms with Crippen LogP contribution < -0.4 is 0 Å². The minimum atomic E-state index is -0.797. The third-order valence-corrected chi connectivity index (χ3v) is 6.18. The fourth-order valence-corrected chi connectivity index (χ4v) is 4.74. The van der Waals surface area contributed by atoms with E-state index in [4.69, 9.17) is 4.74 Å². The minimum Gasteiger partial charge on any atom is -0.443 e. The number of fused-ring (bicyclic) bond motifs is 3. The van der Waals surface area contributed by atoms with Gasteiger partial charge in [-0.15, -0.1) is 0 Å². The van der Waals surface area contributed by atoms with Gasteiger partial charge in [0.1, 0.15) is 18.1 Å². The summed E-state index contributed by atoms with van der Waals surface area (Å²) in [5.74, 6) is -1.47. The molecule has 1 aromatic carbocycles. The number of nitrogens with zero attached hydrogens (tertiary/aromatic N) is 1. The van der Waals surface area contributed by atoms with Crippen molar-refractivity contribution in [3.05, 3.63) is 46.5 Å². The first-order chi connectivity index (χ1) is 12.5. The number of benzene rings is 1. The molecule has 4 atom stereocenters. The number of ketones is 1. The molecule has 1 fully saturated rings. The quantitative estimate of drug-likeness (QED) is 0.779. The van der Waals surface area contributed by atoms with Crippen LogP contribution >= 0.6 is 0 Å². The molecular formula is C21H23NO4. The fourth-order valence-electron chi connectivity index (χ4n) is 4.74. The summed E-state index contributed by atoms with van der Waals surface area (Å²) < 4.78 is 5.49. The van der Waals surface area contributed by atoms with Crippen molar-refractivity contribution >= 4 is 17.8 Å². The lowest BCUT2D eigenvalue weighted by Crippen LogP contribution is -2.43. The Labute approximate surface area is 153 Å². The molecule has 0 radical (unpaired) electrons. The Hall–Kier alpha value is -2.43. The van der Waals surface area contributed by atoms with E-state index in [9.17, 15) is 14.4 Å². The highest BCUT2D eigenvalue weighted by Gasteiger charge is 2.54. The van der Waals surface area contributed by atoms with Gasteiger partial charge in [-0.1, -0.05) is 43.2 Å². The van der Waals surface area contributed by atoms with E-state index in [0.717, 1.165) is 29.5 Å². The second-order valence-corrected chi connectivity index (χ2v) is 7.52.